The first-order valence-corrected chi connectivity index (χ1v) is 11.4. The maximum atomic E-state index is 13.0. The molecule has 0 saturated carbocycles. The molecule has 0 N–H and O–H groups in total. The number of aromatic nitrogens is 2. The standard InChI is InChI=1S/C25H19N3O6S/c1-32-22-14-16(15-23-24(29)27-20-5-3-2-4-19(20)26-25(27)35-23)6-11-21(22)34-13-12-33-18-9-7-17(8-10-18)28(30)31/h2-11,14-15H,12-13H2,1H3/b23-15-. The van der Waals surface area contributed by atoms with Gasteiger partial charge in [0, 0.05) is 12.1 Å². The molecule has 0 spiro atoms. The Hall–Kier alpha value is -4.44. The average Bonchev–Trinajstić information content (AvgIpc) is 3.38. The van der Waals surface area contributed by atoms with Gasteiger partial charge in [-0.25, -0.2) is 9.38 Å². The summed E-state index contributed by atoms with van der Waals surface area (Å²) in [5.74, 6) is 1.57. The molecule has 35 heavy (non-hydrogen) atoms. The van der Waals surface area contributed by atoms with E-state index in [4.69, 9.17) is 14.2 Å². The number of fused-ring (bicyclic) bond motifs is 3. The van der Waals surface area contributed by atoms with Crippen LogP contribution in [0.5, 0.6) is 17.2 Å². The van der Waals surface area contributed by atoms with Crippen molar-refractivity contribution in [3.63, 3.8) is 0 Å². The highest BCUT2D eigenvalue weighted by atomic mass is 32.1. The molecule has 0 saturated heterocycles. The molecule has 0 atom stereocenters. The van der Waals surface area contributed by atoms with Crippen LogP contribution in [-0.2, 0) is 0 Å². The average molecular weight is 490 g/mol. The second-order valence-corrected chi connectivity index (χ2v) is 8.50. The van der Waals surface area contributed by atoms with Crippen molar-refractivity contribution >= 4 is 39.1 Å². The molecule has 2 aromatic heterocycles. The van der Waals surface area contributed by atoms with E-state index in [0.717, 1.165) is 16.6 Å². The number of ether oxygens (including phenoxy) is 3. The van der Waals surface area contributed by atoms with Crippen molar-refractivity contribution in [2.24, 2.45) is 0 Å². The van der Waals surface area contributed by atoms with E-state index < -0.39 is 4.92 Å². The number of nitro groups is 1. The Morgan fingerprint density at radius 2 is 1.80 bits per heavy atom. The monoisotopic (exact) mass is 489 g/mol. The molecule has 0 amide bonds. The van der Waals surface area contributed by atoms with Crippen molar-refractivity contribution in [3.8, 4) is 17.2 Å². The van der Waals surface area contributed by atoms with Gasteiger partial charge in [0.15, 0.2) is 16.5 Å². The third-order valence-corrected chi connectivity index (χ3v) is 6.26. The van der Waals surface area contributed by atoms with Crippen LogP contribution in [0.15, 0.2) is 71.5 Å². The second kappa shape index (κ2) is 9.43. The summed E-state index contributed by atoms with van der Waals surface area (Å²) in [4.78, 5) is 28.4. The number of hydrogen-bond donors (Lipinski definition) is 0. The van der Waals surface area contributed by atoms with E-state index in [1.807, 2.05) is 30.3 Å². The normalized spacial score (nSPS) is 11.7. The summed E-state index contributed by atoms with van der Waals surface area (Å²) >= 11 is 1.34. The fourth-order valence-corrected chi connectivity index (χ4v) is 4.62. The summed E-state index contributed by atoms with van der Waals surface area (Å²) in [5.41, 5.74) is 2.27. The van der Waals surface area contributed by atoms with Gasteiger partial charge in [0.25, 0.3) is 11.2 Å². The van der Waals surface area contributed by atoms with Gasteiger partial charge in [-0.2, -0.15) is 0 Å². The molecule has 0 aliphatic rings. The summed E-state index contributed by atoms with van der Waals surface area (Å²) < 4.78 is 19.0. The summed E-state index contributed by atoms with van der Waals surface area (Å²) in [7, 11) is 1.55. The lowest BCUT2D eigenvalue weighted by molar-refractivity contribution is -0.384. The number of nitrogens with zero attached hydrogens (tertiary/aromatic N) is 3. The number of para-hydroxylation sites is 2. The Morgan fingerprint density at radius 3 is 2.57 bits per heavy atom. The Kier molecular flexibility index (Phi) is 6.02. The van der Waals surface area contributed by atoms with Crippen LogP contribution in [-0.4, -0.2) is 34.6 Å². The van der Waals surface area contributed by atoms with Gasteiger partial charge in [-0.3, -0.25) is 14.9 Å². The third-order valence-electron chi connectivity index (χ3n) is 5.29. The van der Waals surface area contributed by atoms with Gasteiger partial charge < -0.3 is 14.2 Å². The fourth-order valence-electron chi connectivity index (χ4n) is 3.63. The number of imidazole rings is 1. The molecular weight excluding hydrogens is 470 g/mol. The van der Waals surface area contributed by atoms with E-state index >= 15 is 0 Å². The number of hydrogen-bond acceptors (Lipinski definition) is 8. The zero-order valence-corrected chi connectivity index (χ0v) is 19.4. The highest BCUT2D eigenvalue weighted by Crippen LogP contribution is 2.28. The second-order valence-electron chi connectivity index (χ2n) is 7.49. The SMILES string of the molecule is COc1cc(/C=c2\sc3nc4ccccc4n3c2=O)ccc1OCCOc1ccc([N+](=O)[O-])cc1. The molecule has 0 unspecified atom stereocenters. The molecule has 9 nitrogen and oxygen atoms in total. The molecule has 0 aliphatic heterocycles. The van der Waals surface area contributed by atoms with E-state index in [9.17, 15) is 14.9 Å². The van der Waals surface area contributed by atoms with Crippen LogP contribution < -0.4 is 24.3 Å². The summed E-state index contributed by atoms with van der Waals surface area (Å²) in [6.07, 6.45) is 1.81. The molecule has 0 fully saturated rings. The highest BCUT2D eigenvalue weighted by Gasteiger charge is 2.11. The lowest BCUT2D eigenvalue weighted by Crippen LogP contribution is -2.22. The molecule has 0 bridgehead atoms. The lowest BCUT2D eigenvalue weighted by Gasteiger charge is -2.12. The number of benzene rings is 3. The topological polar surface area (TPSA) is 105 Å². The van der Waals surface area contributed by atoms with Crippen LogP contribution in [0.3, 0.4) is 0 Å². The highest BCUT2D eigenvalue weighted by molar-refractivity contribution is 7.15. The Bertz CT molecular complexity index is 1640. The van der Waals surface area contributed by atoms with Crippen molar-refractivity contribution in [2.45, 2.75) is 0 Å². The smallest absolute Gasteiger partial charge is 0.274 e. The lowest BCUT2D eigenvalue weighted by atomic mass is 10.2. The summed E-state index contributed by atoms with van der Waals surface area (Å²) in [6, 6.07) is 18.8. The van der Waals surface area contributed by atoms with Crippen molar-refractivity contribution in [3.05, 3.63) is 97.3 Å². The number of rotatable bonds is 8. The van der Waals surface area contributed by atoms with Crippen LogP contribution in [0.25, 0.3) is 22.1 Å². The molecule has 176 valence electrons. The van der Waals surface area contributed by atoms with Gasteiger partial charge in [0.05, 0.1) is 27.6 Å². The minimum atomic E-state index is -0.462. The van der Waals surface area contributed by atoms with E-state index in [-0.39, 0.29) is 24.5 Å². The maximum absolute atomic E-state index is 13.0. The molecule has 0 aliphatic carbocycles. The number of nitro benzene ring substituents is 1. The van der Waals surface area contributed by atoms with Gasteiger partial charge in [-0.15, -0.1) is 0 Å². The molecule has 3 aromatic carbocycles. The Balaban J connectivity index is 1.29. The molecule has 0 radical (unpaired) electrons. The first-order valence-electron chi connectivity index (χ1n) is 10.6. The van der Waals surface area contributed by atoms with Crippen LogP contribution >= 0.6 is 11.3 Å². The van der Waals surface area contributed by atoms with Gasteiger partial charge in [0.1, 0.15) is 19.0 Å². The third kappa shape index (κ3) is 4.51. The van der Waals surface area contributed by atoms with E-state index in [1.165, 1.54) is 35.6 Å². The number of thiazole rings is 1. The zero-order valence-electron chi connectivity index (χ0n) is 18.5. The van der Waals surface area contributed by atoms with Crippen molar-refractivity contribution in [2.75, 3.05) is 20.3 Å². The van der Waals surface area contributed by atoms with Gasteiger partial charge in [-0.05, 0) is 48.0 Å². The van der Waals surface area contributed by atoms with Crippen molar-refractivity contribution in [1.29, 1.82) is 0 Å². The zero-order chi connectivity index (χ0) is 24.4. The van der Waals surface area contributed by atoms with Gasteiger partial charge >= 0.3 is 0 Å². The molecule has 2 heterocycles. The molecule has 5 aromatic rings. The van der Waals surface area contributed by atoms with Crippen LogP contribution in [0.2, 0.25) is 0 Å². The quantitative estimate of drug-likeness (QED) is 0.185. The van der Waals surface area contributed by atoms with Crippen LogP contribution in [0.1, 0.15) is 5.56 Å². The van der Waals surface area contributed by atoms with Crippen molar-refractivity contribution in [1.82, 2.24) is 9.38 Å². The van der Waals surface area contributed by atoms with Crippen LogP contribution in [0.4, 0.5) is 5.69 Å². The molecule has 10 heteroatoms. The Morgan fingerprint density at radius 1 is 1.03 bits per heavy atom. The van der Waals surface area contributed by atoms with E-state index in [1.54, 1.807) is 29.7 Å². The largest absolute Gasteiger partial charge is 0.493 e. The van der Waals surface area contributed by atoms with E-state index in [0.29, 0.717) is 26.7 Å². The van der Waals surface area contributed by atoms with Crippen molar-refractivity contribution < 1.29 is 19.1 Å². The molecular formula is C25H19N3O6S. The predicted octanol–water partition coefficient (Wildman–Crippen LogP) is 3.83. The minimum Gasteiger partial charge on any atom is -0.493 e. The number of methoxy groups -OCH3 is 1. The van der Waals surface area contributed by atoms with Gasteiger partial charge in [-0.1, -0.05) is 29.5 Å². The summed E-state index contributed by atoms with van der Waals surface area (Å²) in [5, 5.41) is 10.7. The maximum Gasteiger partial charge on any atom is 0.274 e. The summed E-state index contributed by atoms with van der Waals surface area (Å²) in [6.45, 7) is 0.494. The van der Waals surface area contributed by atoms with E-state index in [2.05, 4.69) is 4.98 Å². The van der Waals surface area contributed by atoms with Gasteiger partial charge in [0.2, 0.25) is 0 Å². The fraction of sp³-hybridized carbons (Fsp3) is 0.120. The number of non-ortho nitro benzene ring substituents is 1. The Labute approximate surface area is 202 Å². The van der Waals surface area contributed by atoms with Crippen LogP contribution in [0, 0.1) is 10.1 Å². The predicted molar refractivity (Wildman–Crippen MR) is 133 cm³/mol. The molecule has 5 rings (SSSR count). The minimum absolute atomic E-state index is 0.00398. The first-order chi connectivity index (χ1) is 17.0. The first kappa shape index (κ1) is 22.4.